The lowest BCUT2D eigenvalue weighted by molar-refractivity contribution is -0.147. The summed E-state index contributed by atoms with van der Waals surface area (Å²) >= 11 is 6.25. The summed E-state index contributed by atoms with van der Waals surface area (Å²) in [4.78, 5) is 52.1. The van der Waals surface area contributed by atoms with E-state index in [1.165, 1.54) is 0 Å². The molecule has 1 aromatic carbocycles. The molecule has 8 heteroatoms. The molecule has 7 nitrogen and oxygen atoms in total. The van der Waals surface area contributed by atoms with Gasteiger partial charge >= 0.3 is 0 Å². The lowest BCUT2D eigenvalue weighted by Crippen LogP contribution is -2.48. The topological polar surface area (TPSA) is 95.6 Å². The number of likely N-dealkylation sites (tertiary alicyclic amines) is 1. The van der Waals surface area contributed by atoms with Crippen LogP contribution in [-0.4, -0.2) is 34.6 Å². The molecule has 3 rings (SSSR count). The highest BCUT2D eigenvalue weighted by Gasteiger charge is 2.51. The second kappa shape index (κ2) is 9.64. The summed E-state index contributed by atoms with van der Waals surface area (Å²) in [5, 5.41) is 5.78. The van der Waals surface area contributed by atoms with Gasteiger partial charge in [0.1, 0.15) is 6.04 Å². The van der Waals surface area contributed by atoms with Crippen LogP contribution >= 0.6 is 11.6 Å². The Bertz CT molecular complexity index is 901. The zero-order valence-electron chi connectivity index (χ0n) is 18.0. The van der Waals surface area contributed by atoms with E-state index in [4.69, 9.17) is 11.6 Å². The van der Waals surface area contributed by atoms with E-state index in [1.54, 1.807) is 25.1 Å². The van der Waals surface area contributed by atoms with Crippen LogP contribution in [0.15, 0.2) is 30.4 Å². The van der Waals surface area contributed by atoms with Crippen LogP contribution < -0.4 is 10.6 Å². The Morgan fingerprint density at radius 2 is 1.71 bits per heavy atom. The maximum absolute atomic E-state index is 13.3. The molecule has 166 valence electrons. The van der Waals surface area contributed by atoms with E-state index in [9.17, 15) is 19.2 Å². The van der Waals surface area contributed by atoms with Gasteiger partial charge in [0.2, 0.25) is 23.6 Å². The van der Waals surface area contributed by atoms with Gasteiger partial charge in [-0.2, -0.15) is 0 Å². The normalized spacial score (nSPS) is 21.3. The summed E-state index contributed by atoms with van der Waals surface area (Å²) in [6.45, 7) is 5.61. The third kappa shape index (κ3) is 4.98. The maximum atomic E-state index is 13.3. The van der Waals surface area contributed by atoms with Crippen molar-refractivity contribution in [3.8, 4) is 0 Å². The molecule has 0 saturated carbocycles. The minimum Gasteiger partial charge on any atom is -0.326 e. The molecule has 4 amide bonds. The molecule has 1 aromatic rings. The highest BCUT2D eigenvalue weighted by atomic mass is 35.5. The number of hydrogen-bond acceptors (Lipinski definition) is 4. The number of benzene rings is 1. The van der Waals surface area contributed by atoms with Crippen LogP contribution in [0, 0.1) is 17.8 Å². The van der Waals surface area contributed by atoms with Crippen molar-refractivity contribution in [3.05, 3.63) is 35.4 Å². The van der Waals surface area contributed by atoms with Gasteiger partial charge in [-0.05, 0) is 43.4 Å². The average Bonchev–Trinajstić information content (AvgIpc) is 2.99. The molecule has 0 spiro atoms. The minimum atomic E-state index is -0.921. The molecule has 2 N–H and O–H groups in total. The van der Waals surface area contributed by atoms with Crippen molar-refractivity contribution in [3.63, 3.8) is 0 Å². The predicted molar refractivity (Wildman–Crippen MR) is 119 cm³/mol. The molecule has 0 bridgehead atoms. The number of rotatable bonds is 7. The largest absolute Gasteiger partial charge is 0.326 e. The van der Waals surface area contributed by atoms with Crippen LogP contribution in [0.2, 0.25) is 5.02 Å². The monoisotopic (exact) mass is 445 g/mol. The van der Waals surface area contributed by atoms with Gasteiger partial charge in [0.05, 0.1) is 22.5 Å². The number of allylic oxidation sites excluding steroid dienone is 2. The predicted octanol–water partition coefficient (Wildman–Crippen LogP) is 3.99. The molecule has 3 atom stereocenters. The third-order valence-electron chi connectivity index (χ3n) is 5.68. The molecule has 2 aliphatic rings. The van der Waals surface area contributed by atoms with E-state index in [1.807, 2.05) is 26.0 Å². The van der Waals surface area contributed by atoms with Crippen molar-refractivity contribution in [2.45, 2.75) is 52.5 Å². The van der Waals surface area contributed by atoms with Crippen LogP contribution in [0.3, 0.4) is 0 Å². The number of carbonyl (C=O) groups excluding carboxylic acids is 4. The second-order valence-corrected chi connectivity index (χ2v) is 8.84. The van der Waals surface area contributed by atoms with E-state index in [0.717, 1.165) is 4.90 Å². The fourth-order valence-corrected chi connectivity index (χ4v) is 4.24. The van der Waals surface area contributed by atoms with Crippen LogP contribution in [0.5, 0.6) is 0 Å². The summed E-state index contributed by atoms with van der Waals surface area (Å²) < 4.78 is 0. The fourth-order valence-electron chi connectivity index (χ4n) is 4.07. The van der Waals surface area contributed by atoms with E-state index in [0.29, 0.717) is 42.1 Å². The van der Waals surface area contributed by atoms with Crippen molar-refractivity contribution in [2.24, 2.45) is 17.8 Å². The third-order valence-corrected chi connectivity index (χ3v) is 6.01. The van der Waals surface area contributed by atoms with E-state index >= 15 is 0 Å². The number of amides is 4. The zero-order valence-corrected chi connectivity index (χ0v) is 18.7. The first-order valence-corrected chi connectivity index (χ1v) is 11.0. The second-order valence-electron chi connectivity index (χ2n) is 8.43. The number of nitrogens with one attached hydrogen (secondary N) is 2. The highest BCUT2D eigenvalue weighted by molar-refractivity contribution is 6.34. The number of halogens is 1. The molecule has 1 aliphatic heterocycles. The molecular formula is C23H28ClN3O4. The van der Waals surface area contributed by atoms with Crippen molar-refractivity contribution in [2.75, 3.05) is 10.6 Å². The average molecular weight is 446 g/mol. The summed E-state index contributed by atoms with van der Waals surface area (Å²) in [5.41, 5.74) is 0.810. The molecule has 1 fully saturated rings. The van der Waals surface area contributed by atoms with Gasteiger partial charge in [0.15, 0.2) is 0 Å². The Kier molecular flexibility index (Phi) is 7.15. The first-order valence-electron chi connectivity index (χ1n) is 10.6. The lowest BCUT2D eigenvalue weighted by Gasteiger charge is -2.27. The SMILES string of the molecule is CCC(=O)Nc1ccc(Cl)c(NC(=O)C(CC(C)C)N2C(=O)C3CC=CCC3C2=O)c1. The molecular weight excluding hydrogens is 418 g/mol. The Labute approximate surface area is 187 Å². The number of fused-ring (bicyclic) bond motifs is 1. The molecule has 0 radical (unpaired) electrons. The summed E-state index contributed by atoms with van der Waals surface area (Å²) in [6.07, 6.45) is 5.54. The summed E-state index contributed by atoms with van der Waals surface area (Å²) in [7, 11) is 0. The first-order chi connectivity index (χ1) is 14.7. The summed E-state index contributed by atoms with van der Waals surface area (Å²) in [5.74, 6) is -1.90. The van der Waals surface area contributed by atoms with E-state index < -0.39 is 23.8 Å². The number of imide groups is 1. The first kappa shape index (κ1) is 23.0. The van der Waals surface area contributed by atoms with Crippen LogP contribution in [0.4, 0.5) is 11.4 Å². The molecule has 1 aliphatic carbocycles. The number of anilines is 2. The van der Waals surface area contributed by atoms with Gasteiger partial charge in [-0.3, -0.25) is 24.1 Å². The summed E-state index contributed by atoms with van der Waals surface area (Å²) in [6, 6.07) is 3.86. The van der Waals surface area contributed by atoms with Gasteiger partial charge < -0.3 is 10.6 Å². The Morgan fingerprint density at radius 3 is 2.26 bits per heavy atom. The standard InChI is InChI=1S/C23H28ClN3O4/c1-4-20(28)25-14-9-10-17(24)18(12-14)26-21(29)19(11-13(2)3)27-22(30)15-7-5-6-8-16(15)23(27)31/h5-6,9-10,12-13,15-16,19H,4,7-8,11H2,1-3H3,(H,25,28)(H,26,29). The van der Waals surface area contributed by atoms with Crippen molar-refractivity contribution in [1.82, 2.24) is 4.90 Å². The fraction of sp³-hybridized carbons (Fsp3) is 0.478. The lowest BCUT2D eigenvalue weighted by atomic mass is 9.85. The zero-order chi connectivity index (χ0) is 22.7. The minimum absolute atomic E-state index is 0.0859. The molecule has 31 heavy (non-hydrogen) atoms. The number of carbonyl (C=O) groups is 4. The van der Waals surface area contributed by atoms with Crippen molar-refractivity contribution < 1.29 is 19.2 Å². The number of hydrogen-bond donors (Lipinski definition) is 2. The van der Waals surface area contributed by atoms with Gasteiger partial charge in [-0.1, -0.05) is 44.5 Å². The van der Waals surface area contributed by atoms with Gasteiger partial charge in [0, 0.05) is 12.1 Å². The van der Waals surface area contributed by atoms with Gasteiger partial charge in [0.25, 0.3) is 0 Å². The Hall–Kier alpha value is -2.67. The molecule has 1 heterocycles. The Morgan fingerprint density at radius 1 is 1.10 bits per heavy atom. The van der Waals surface area contributed by atoms with Crippen molar-refractivity contribution in [1.29, 1.82) is 0 Å². The quantitative estimate of drug-likeness (QED) is 0.490. The van der Waals surface area contributed by atoms with E-state index in [2.05, 4.69) is 10.6 Å². The van der Waals surface area contributed by atoms with Crippen LogP contribution in [0.25, 0.3) is 0 Å². The van der Waals surface area contributed by atoms with Crippen LogP contribution in [-0.2, 0) is 19.2 Å². The van der Waals surface area contributed by atoms with E-state index in [-0.39, 0.29) is 23.6 Å². The molecule has 1 saturated heterocycles. The maximum Gasteiger partial charge on any atom is 0.247 e. The molecule has 0 aromatic heterocycles. The van der Waals surface area contributed by atoms with Gasteiger partial charge in [-0.15, -0.1) is 0 Å². The smallest absolute Gasteiger partial charge is 0.247 e. The number of nitrogens with zero attached hydrogens (tertiary/aromatic N) is 1. The Balaban J connectivity index is 1.84. The molecule has 3 unspecified atom stereocenters. The van der Waals surface area contributed by atoms with Gasteiger partial charge in [-0.25, -0.2) is 0 Å². The highest BCUT2D eigenvalue weighted by Crippen LogP contribution is 2.37. The van der Waals surface area contributed by atoms with Crippen LogP contribution in [0.1, 0.15) is 46.5 Å². The van der Waals surface area contributed by atoms with Crippen molar-refractivity contribution >= 4 is 46.6 Å².